The molecule has 0 spiro atoms. The Balaban J connectivity index is 1.46. The van der Waals surface area contributed by atoms with Crippen molar-refractivity contribution in [3.63, 3.8) is 0 Å². The largest absolute Gasteiger partial charge is 0.493 e. The molecule has 1 aliphatic carbocycles. The predicted octanol–water partition coefficient (Wildman–Crippen LogP) is 4.13. The molecule has 0 atom stereocenters. The van der Waals surface area contributed by atoms with Gasteiger partial charge in [-0.25, -0.2) is 9.59 Å². The molecule has 1 aliphatic rings. The smallest absolute Gasteiger partial charge is 0.412 e. The fourth-order valence-corrected chi connectivity index (χ4v) is 3.73. The van der Waals surface area contributed by atoms with Crippen LogP contribution in [0.3, 0.4) is 0 Å². The lowest BCUT2D eigenvalue weighted by Crippen LogP contribution is -2.30. The SMILES string of the molecule is C=C(C)C(=O)OCCOCCOCCNC(=O)Oc1c2c(c(OCC)c3ccccc13)CC=CC2. The van der Waals surface area contributed by atoms with Gasteiger partial charge in [0.1, 0.15) is 18.1 Å². The summed E-state index contributed by atoms with van der Waals surface area (Å²) in [6, 6.07) is 7.82. The van der Waals surface area contributed by atoms with E-state index < -0.39 is 12.1 Å². The number of hydrogen-bond donors (Lipinski definition) is 1. The highest BCUT2D eigenvalue weighted by atomic mass is 16.6. The second kappa shape index (κ2) is 13.5. The van der Waals surface area contributed by atoms with Gasteiger partial charge in [-0.2, -0.15) is 0 Å². The van der Waals surface area contributed by atoms with Gasteiger partial charge in [-0.05, 0) is 26.7 Å². The Hall–Kier alpha value is -3.36. The predicted molar refractivity (Wildman–Crippen MR) is 133 cm³/mol. The van der Waals surface area contributed by atoms with Crippen LogP contribution in [0.25, 0.3) is 10.8 Å². The van der Waals surface area contributed by atoms with Crippen LogP contribution in [0.15, 0.2) is 48.6 Å². The van der Waals surface area contributed by atoms with E-state index in [9.17, 15) is 9.59 Å². The summed E-state index contributed by atoms with van der Waals surface area (Å²) in [6.45, 7) is 9.39. The highest BCUT2D eigenvalue weighted by Crippen LogP contribution is 2.43. The number of benzene rings is 2. The number of carbonyl (C=O) groups excluding carboxylic acids is 2. The first kappa shape index (κ1) is 26.2. The van der Waals surface area contributed by atoms with Crippen LogP contribution < -0.4 is 14.8 Å². The van der Waals surface area contributed by atoms with E-state index in [4.69, 9.17) is 23.7 Å². The van der Waals surface area contributed by atoms with E-state index in [0.29, 0.717) is 50.7 Å². The molecule has 0 aliphatic heterocycles. The van der Waals surface area contributed by atoms with Crippen LogP contribution in [0, 0.1) is 0 Å². The number of nitrogens with one attached hydrogen (secondary N) is 1. The molecule has 3 rings (SSSR count). The Morgan fingerprint density at radius 1 is 0.914 bits per heavy atom. The fraction of sp³-hybridized carbons (Fsp3) is 0.407. The number of ether oxygens (including phenoxy) is 5. The molecular formula is C27H33NO7. The minimum absolute atomic E-state index is 0.165. The molecule has 0 saturated heterocycles. The Morgan fingerprint density at radius 3 is 2.17 bits per heavy atom. The first-order chi connectivity index (χ1) is 17.0. The number of allylic oxidation sites excluding steroid dienone is 2. The molecule has 0 heterocycles. The summed E-state index contributed by atoms with van der Waals surface area (Å²) in [7, 11) is 0. The van der Waals surface area contributed by atoms with Crippen molar-refractivity contribution in [3.05, 3.63) is 59.7 Å². The Morgan fingerprint density at radius 2 is 1.51 bits per heavy atom. The number of hydrogen-bond acceptors (Lipinski definition) is 7. The molecular weight excluding hydrogens is 450 g/mol. The van der Waals surface area contributed by atoms with Crippen molar-refractivity contribution in [2.45, 2.75) is 26.7 Å². The van der Waals surface area contributed by atoms with E-state index >= 15 is 0 Å². The van der Waals surface area contributed by atoms with Crippen molar-refractivity contribution in [2.24, 2.45) is 0 Å². The van der Waals surface area contributed by atoms with Gasteiger partial charge in [-0.15, -0.1) is 0 Å². The topological polar surface area (TPSA) is 92.3 Å². The molecule has 1 N–H and O–H groups in total. The average molecular weight is 484 g/mol. The zero-order valence-corrected chi connectivity index (χ0v) is 20.4. The standard InChI is InChI=1S/C27H33NO7/c1-4-33-24-20-9-5-7-11-22(20)25(23-12-8-6-10-21(23)24)35-27(30)28-13-14-31-15-16-32-17-18-34-26(29)19(2)3/h5-9,11H,2,4,10,12-18H2,1,3H3,(H,28,30). The van der Waals surface area contributed by atoms with Crippen molar-refractivity contribution >= 4 is 22.8 Å². The molecule has 0 saturated carbocycles. The second-order valence-corrected chi connectivity index (χ2v) is 7.93. The third-order valence-electron chi connectivity index (χ3n) is 5.32. The van der Waals surface area contributed by atoms with Gasteiger partial charge in [0.05, 0.1) is 33.0 Å². The molecule has 8 heteroatoms. The molecule has 2 aromatic carbocycles. The van der Waals surface area contributed by atoms with Gasteiger partial charge in [-0.1, -0.05) is 43.0 Å². The summed E-state index contributed by atoms with van der Waals surface area (Å²) in [4.78, 5) is 23.8. The highest BCUT2D eigenvalue weighted by Gasteiger charge is 2.23. The fourth-order valence-electron chi connectivity index (χ4n) is 3.73. The molecule has 8 nitrogen and oxygen atoms in total. The first-order valence-corrected chi connectivity index (χ1v) is 11.8. The van der Waals surface area contributed by atoms with Crippen LogP contribution >= 0.6 is 0 Å². The van der Waals surface area contributed by atoms with Gasteiger partial charge in [0.2, 0.25) is 0 Å². The van der Waals surface area contributed by atoms with E-state index in [1.54, 1.807) is 6.92 Å². The van der Waals surface area contributed by atoms with Gasteiger partial charge in [0.15, 0.2) is 0 Å². The average Bonchev–Trinajstić information content (AvgIpc) is 2.86. The molecule has 0 unspecified atom stereocenters. The minimum atomic E-state index is -0.532. The van der Waals surface area contributed by atoms with E-state index in [2.05, 4.69) is 24.0 Å². The van der Waals surface area contributed by atoms with Crippen LogP contribution in [-0.2, 0) is 31.8 Å². The summed E-state index contributed by atoms with van der Waals surface area (Å²) >= 11 is 0. The lowest BCUT2D eigenvalue weighted by atomic mass is 9.90. The van der Waals surface area contributed by atoms with Crippen molar-refractivity contribution in [2.75, 3.05) is 46.2 Å². The minimum Gasteiger partial charge on any atom is -0.493 e. The normalized spacial score (nSPS) is 12.2. The number of rotatable bonds is 13. The van der Waals surface area contributed by atoms with Crippen LogP contribution in [0.4, 0.5) is 4.79 Å². The molecule has 0 aromatic heterocycles. The van der Waals surface area contributed by atoms with Crippen LogP contribution in [0.2, 0.25) is 0 Å². The van der Waals surface area contributed by atoms with Crippen LogP contribution in [-0.4, -0.2) is 58.2 Å². The van der Waals surface area contributed by atoms with Crippen molar-refractivity contribution in [3.8, 4) is 11.5 Å². The maximum atomic E-state index is 12.6. The van der Waals surface area contributed by atoms with E-state index in [0.717, 1.165) is 34.1 Å². The monoisotopic (exact) mass is 483 g/mol. The zero-order valence-electron chi connectivity index (χ0n) is 20.4. The molecule has 188 valence electrons. The summed E-state index contributed by atoms with van der Waals surface area (Å²) in [5.41, 5.74) is 2.40. The summed E-state index contributed by atoms with van der Waals surface area (Å²) in [6.07, 6.45) is 5.07. The van der Waals surface area contributed by atoms with E-state index in [-0.39, 0.29) is 13.2 Å². The number of esters is 1. The van der Waals surface area contributed by atoms with Crippen molar-refractivity contribution < 1.29 is 33.3 Å². The Labute approximate surface area is 205 Å². The van der Waals surface area contributed by atoms with Gasteiger partial charge in [0, 0.05) is 34.0 Å². The Kier molecular flexibility index (Phi) is 10.1. The zero-order chi connectivity index (χ0) is 25.0. The third-order valence-corrected chi connectivity index (χ3v) is 5.32. The molecule has 0 fully saturated rings. The molecule has 1 amide bonds. The first-order valence-electron chi connectivity index (χ1n) is 11.8. The molecule has 35 heavy (non-hydrogen) atoms. The van der Waals surface area contributed by atoms with E-state index in [1.807, 2.05) is 31.2 Å². The van der Waals surface area contributed by atoms with Crippen LogP contribution in [0.1, 0.15) is 25.0 Å². The van der Waals surface area contributed by atoms with Gasteiger partial charge in [0.25, 0.3) is 0 Å². The van der Waals surface area contributed by atoms with Gasteiger partial charge < -0.3 is 29.0 Å². The summed E-state index contributed by atoms with van der Waals surface area (Å²) in [5, 5.41) is 4.52. The van der Waals surface area contributed by atoms with Crippen LogP contribution in [0.5, 0.6) is 11.5 Å². The molecule has 0 radical (unpaired) electrons. The van der Waals surface area contributed by atoms with E-state index in [1.165, 1.54) is 0 Å². The summed E-state index contributed by atoms with van der Waals surface area (Å²) in [5.74, 6) is 1.00. The molecule has 2 aromatic rings. The highest BCUT2D eigenvalue weighted by molar-refractivity contribution is 5.97. The third kappa shape index (κ3) is 7.31. The number of fused-ring (bicyclic) bond motifs is 2. The van der Waals surface area contributed by atoms with Gasteiger partial charge in [-0.3, -0.25) is 0 Å². The second-order valence-electron chi connectivity index (χ2n) is 7.93. The van der Waals surface area contributed by atoms with Crippen molar-refractivity contribution in [1.29, 1.82) is 0 Å². The maximum absolute atomic E-state index is 12.6. The Bertz CT molecular complexity index is 1080. The summed E-state index contributed by atoms with van der Waals surface area (Å²) < 4.78 is 27.5. The van der Waals surface area contributed by atoms with Crippen molar-refractivity contribution in [1.82, 2.24) is 5.32 Å². The quantitative estimate of drug-likeness (QED) is 0.198. The lowest BCUT2D eigenvalue weighted by molar-refractivity contribution is -0.140. The molecule has 0 bridgehead atoms. The maximum Gasteiger partial charge on any atom is 0.412 e. The number of amides is 1. The lowest BCUT2D eigenvalue weighted by Gasteiger charge is -2.22. The van der Waals surface area contributed by atoms with Gasteiger partial charge >= 0.3 is 12.1 Å². The number of carbonyl (C=O) groups is 2.